The van der Waals surface area contributed by atoms with E-state index in [0.29, 0.717) is 6.54 Å². The van der Waals surface area contributed by atoms with Crippen LogP contribution >= 0.6 is 0 Å². The van der Waals surface area contributed by atoms with E-state index in [4.69, 9.17) is 0 Å². The highest BCUT2D eigenvalue weighted by Crippen LogP contribution is 2.43. The zero-order valence-electron chi connectivity index (χ0n) is 40.8. The highest BCUT2D eigenvalue weighted by molar-refractivity contribution is 6.00. The molecule has 0 aliphatic carbocycles. The van der Waals surface area contributed by atoms with E-state index >= 15 is 0 Å². The SMILES string of the molecule is C/C=C\c1c(CC)c2cccc(C3=C/C(C)c4ccccc4N(c4cc(-c5ccccc5)cc(-c5ccccc5)c4)C/C=C\3)c2n1-c1cc(-c2ccccc2)cc(-c2ccccc2)c1.CC.CC. The fourth-order valence-electron chi connectivity index (χ4n) is 9.66. The van der Waals surface area contributed by atoms with Crippen LogP contribution in [0.4, 0.5) is 11.4 Å². The number of aromatic nitrogens is 1. The Kier molecular flexibility index (Phi) is 15.3. The van der Waals surface area contributed by atoms with Crippen molar-refractivity contribution in [2.45, 2.75) is 60.8 Å². The minimum Gasteiger partial charge on any atom is -0.337 e. The second kappa shape index (κ2) is 22.2. The predicted octanol–water partition coefficient (Wildman–Crippen LogP) is 18.8. The molecule has 9 aromatic rings. The van der Waals surface area contributed by atoms with Crippen molar-refractivity contribution in [3.05, 3.63) is 247 Å². The molecule has 0 saturated carbocycles. The van der Waals surface area contributed by atoms with Gasteiger partial charge in [-0.1, -0.05) is 224 Å². The normalized spacial score (nSPS) is 14.5. The van der Waals surface area contributed by atoms with Crippen LogP contribution in [0.15, 0.2) is 224 Å². The largest absolute Gasteiger partial charge is 0.337 e. The van der Waals surface area contributed by atoms with Gasteiger partial charge in [0.25, 0.3) is 0 Å². The van der Waals surface area contributed by atoms with E-state index in [1.165, 1.54) is 94.7 Å². The molecule has 68 heavy (non-hydrogen) atoms. The number of para-hydroxylation sites is 2. The van der Waals surface area contributed by atoms with Gasteiger partial charge in [0.2, 0.25) is 0 Å². The molecule has 0 fully saturated rings. The minimum atomic E-state index is 0.118. The van der Waals surface area contributed by atoms with Crippen LogP contribution in [-0.4, -0.2) is 11.1 Å². The van der Waals surface area contributed by atoms with Crippen molar-refractivity contribution in [2.75, 3.05) is 11.4 Å². The number of hydrogen-bond donors (Lipinski definition) is 0. The molecule has 338 valence electrons. The third-order valence-electron chi connectivity index (χ3n) is 12.7. The van der Waals surface area contributed by atoms with E-state index < -0.39 is 0 Å². The lowest BCUT2D eigenvalue weighted by Gasteiger charge is -2.28. The first kappa shape index (κ1) is 46.8. The summed E-state index contributed by atoms with van der Waals surface area (Å²) in [7, 11) is 0. The first-order chi connectivity index (χ1) is 33.6. The molecule has 0 spiro atoms. The molecular formula is C66H64N2. The molecule has 0 saturated heterocycles. The summed E-state index contributed by atoms with van der Waals surface area (Å²) in [5, 5.41) is 1.29. The first-order valence-corrected chi connectivity index (χ1v) is 24.6. The van der Waals surface area contributed by atoms with E-state index in [1.54, 1.807) is 0 Å². The summed E-state index contributed by atoms with van der Waals surface area (Å²) < 4.78 is 2.54. The van der Waals surface area contributed by atoms with Crippen LogP contribution in [0.5, 0.6) is 0 Å². The van der Waals surface area contributed by atoms with E-state index in [9.17, 15) is 0 Å². The summed E-state index contributed by atoms with van der Waals surface area (Å²) in [5.74, 6) is 0.118. The summed E-state index contributed by atoms with van der Waals surface area (Å²) in [5.41, 5.74) is 20.7. The Labute approximate surface area is 405 Å². The average Bonchev–Trinajstić information content (AvgIpc) is 3.77. The number of rotatable bonds is 9. The Balaban J connectivity index is 0.00000152. The quantitative estimate of drug-likeness (QED) is 0.140. The van der Waals surface area contributed by atoms with E-state index in [1.807, 2.05) is 27.7 Å². The number of benzene rings is 8. The van der Waals surface area contributed by atoms with Gasteiger partial charge in [0.1, 0.15) is 0 Å². The van der Waals surface area contributed by atoms with Crippen LogP contribution in [0.3, 0.4) is 0 Å². The zero-order chi connectivity index (χ0) is 47.4. The topological polar surface area (TPSA) is 8.17 Å². The highest BCUT2D eigenvalue weighted by atomic mass is 15.1. The number of hydrogen-bond acceptors (Lipinski definition) is 1. The maximum absolute atomic E-state index is 2.54. The molecule has 1 atom stereocenters. The van der Waals surface area contributed by atoms with Crippen LogP contribution in [0.25, 0.3) is 72.7 Å². The summed E-state index contributed by atoms with van der Waals surface area (Å²) in [6, 6.07) is 73.1. The van der Waals surface area contributed by atoms with E-state index in [2.05, 4.69) is 261 Å². The lowest BCUT2D eigenvalue weighted by molar-refractivity contribution is 0.952. The van der Waals surface area contributed by atoms with Gasteiger partial charge in [-0.2, -0.15) is 0 Å². The number of anilines is 2. The maximum Gasteiger partial charge on any atom is 0.0615 e. The van der Waals surface area contributed by atoms with Crippen molar-refractivity contribution >= 4 is 33.9 Å². The number of fused-ring (bicyclic) bond motifs is 2. The Morgan fingerprint density at radius 1 is 0.515 bits per heavy atom. The molecule has 8 aromatic carbocycles. The monoisotopic (exact) mass is 885 g/mol. The third-order valence-corrected chi connectivity index (χ3v) is 12.7. The second-order valence-electron chi connectivity index (χ2n) is 16.7. The van der Waals surface area contributed by atoms with Crippen molar-refractivity contribution < 1.29 is 0 Å². The molecule has 10 rings (SSSR count). The van der Waals surface area contributed by atoms with E-state index in [-0.39, 0.29) is 5.92 Å². The summed E-state index contributed by atoms with van der Waals surface area (Å²) in [6.45, 7) is 15.5. The molecule has 2 heteroatoms. The molecule has 1 unspecified atom stereocenters. The van der Waals surface area contributed by atoms with Crippen LogP contribution in [0, 0.1) is 0 Å². The van der Waals surface area contributed by atoms with Gasteiger partial charge in [-0.25, -0.2) is 0 Å². The molecule has 1 aromatic heterocycles. The van der Waals surface area contributed by atoms with Crippen molar-refractivity contribution in [2.24, 2.45) is 0 Å². The molecule has 2 heterocycles. The van der Waals surface area contributed by atoms with Crippen LogP contribution in [-0.2, 0) is 6.42 Å². The van der Waals surface area contributed by atoms with Gasteiger partial charge < -0.3 is 9.47 Å². The Bertz CT molecular complexity index is 3050. The number of aryl methyl sites for hydroxylation is 1. The van der Waals surface area contributed by atoms with Gasteiger partial charge in [-0.3, -0.25) is 0 Å². The lowest BCUT2D eigenvalue weighted by atomic mass is 9.92. The fourth-order valence-corrected chi connectivity index (χ4v) is 9.66. The molecule has 1 aliphatic rings. The average molecular weight is 885 g/mol. The van der Waals surface area contributed by atoms with Crippen LogP contribution < -0.4 is 4.90 Å². The molecular weight excluding hydrogens is 821 g/mol. The van der Waals surface area contributed by atoms with Gasteiger partial charge in [0, 0.05) is 46.2 Å². The summed E-state index contributed by atoms with van der Waals surface area (Å²) in [4.78, 5) is 2.50. The van der Waals surface area contributed by atoms with Crippen LogP contribution in [0.2, 0.25) is 0 Å². The molecule has 2 nitrogen and oxygen atoms in total. The van der Waals surface area contributed by atoms with Gasteiger partial charge in [0.15, 0.2) is 0 Å². The van der Waals surface area contributed by atoms with Gasteiger partial charge in [-0.05, 0) is 123 Å². The van der Waals surface area contributed by atoms with Gasteiger partial charge >= 0.3 is 0 Å². The van der Waals surface area contributed by atoms with Crippen molar-refractivity contribution in [3.63, 3.8) is 0 Å². The number of nitrogens with zero attached hydrogens (tertiary/aromatic N) is 2. The smallest absolute Gasteiger partial charge is 0.0615 e. The van der Waals surface area contributed by atoms with Crippen molar-refractivity contribution in [3.8, 4) is 50.2 Å². The molecule has 0 radical (unpaired) electrons. The Morgan fingerprint density at radius 3 is 1.47 bits per heavy atom. The van der Waals surface area contributed by atoms with E-state index in [0.717, 1.165) is 12.1 Å². The lowest BCUT2D eigenvalue weighted by Crippen LogP contribution is -2.19. The molecule has 0 N–H and O–H groups in total. The van der Waals surface area contributed by atoms with Gasteiger partial charge in [-0.15, -0.1) is 0 Å². The van der Waals surface area contributed by atoms with Crippen molar-refractivity contribution in [1.29, 1.82) is 0 Å². The number of allylic oxidation sites excluding steroid dienone is 4. The Hall–Kier alpha value is -7.68. The summed E-state index contributed by atoms with van der Waals surface area (Å²) >= 11 is 0. The van der Waals surface area contributed by atoms with Gasteiger partial charge in [0.05, 0.1) is 5.52 Å². The summed E-state index contributed by atoms with van der Waals surface area (Å²) in [6.07, 6.45) is 12.6. The second-order valence-corrected chi connectivity index (χ2v) is 16.7. The highest BCUT2D eigenvalue weighted by Gasteiger charge is 2.23. The minimum absolute atomic E-state index is 0.118. The first-order valence-electron chi connectivity index (χ1n) is 24.6. The fraction of sp³-hybridized carbons (Fsp3) is 0.152. The molecule has 0 amide bonds. The molecule has 1 aliphatic heterocycles. The third kappa shape index (κ3) is 9.73. The predicted molar refractivity (Wildman–Crippen MR) is 297 cm³/mol. The molecule has 0 bridgehead atoms. The Morgan fingerprint density at radius 2 is 0.985 bits per heavy atom. The maximum atomic E-state index is 2.54. The van der Waals surface area contributed by atoms with Crippen molar-refractivity contribution in [1.82, 2.24) is 4.57 Å². The standard InChI is InChI=1S/C62H52N2.2C2H6/c1-4-22-61-56(5-2)59-34-20-33-58(62(59)64(61)55-42-52(47-27-14-8-15-28-47)39-53(43-55)48-29-16-9-17-30-48)49-31-21-36-63(60-35-19-18-32-57(60)44(3)37-49)54-40-50(45-23-10-6-11-24-45)38-51(41-54)46-25-12-7-13-26-46;2*1-2/h4,6-35,37-44H,5,36H2,1-3H3;2*1-2H3/b22-4-,31-21-,49-37+;;. The zero-order valence-corrected chi connectivity index (χ0v) is 40.8. The van der Waals surface area contributed by atoms with Crippen LogP contribution in [0.1, 0.15) is 76.8 Å².